The summed E-state index contributed by atoms with van der Waals surface area (Å²) in [4.78, 5) is 24.5. The van der Waals surface area contributed by atoms with E-state index in [9.17, 15) is 9.59 Å². The number of aromatic nitrogens is 2. The highest BCUT2D eigenvalue weighted by Crippen LogP contribution is 2.22. The van der Waals surface area contributed by atoms with Crippen molar-refractivity contribution in [3.63, 3.8) is 0 Å². The van der Waals surface area contributed by atoms with Crippen LogP contribution in [0, 0.1) is 0 Å². The van der Waals surface area contributed by atoms with Crippen LogP contribution in [0.4, 0.5) is 0 Å². The van der Waals surface area contributed by atoms with Crippen molar-refractivity contribution in [1.29, 1.82) is 0 Å². The third kappa shape index (κ3) is 4.55. The zero-order valence-electron chi connectivity index (χ0n) is 15.3. The molecule has 144 valence electrons. The number of hydrogen-bond acceptors (Lipinski definition) is 6. The fourth-order valence-electron chi connectivity index (χ4n) is 2.40. The second kappa shape index (κ2) is 8.67. The number of nitrogens with zero attached hydrogens (tertiary/aromatic N) is 2. The minimum Gasteiger partial charge on any atom is -0.451 e. The van der Waals surface area contributed by atoms with Gasteiger partial charge in [-0.25, -0.2) is 4.79 Å². The van der Waals surface area contributed by atoms with Crippen molar-refractivity contribution in [3.05, 3.63) is 71.1 Å². The zero-order valence-corrected chi connectivity index (χ0v) is 16.0. The van der Waals surface area contributed by atoms with E-state index >= 15 is 0 Å². The van der Waals surface area contributed by atoms with Gasteiger partial charge in [-0.1, -0.05) is 41.9 Å². The number of hydrogen-bond donors (Lipinski definition) is 1. The number of amides is 1. The lowest BCUT2D eigenvalue weighted by molar-refractivity contribution is -0.151. The molecule has 0 aliphatic heterocycles. The van der Waals surface area contributed by atoms with Crippen molar-refractivity contribution in [3.8, 4) is 11.5 Å². The molecule has 7 nitrogen and oxygen atoms in total. The SMILES string of the molecule is C[C@H](NC(=O)c1ccccc1Cl)C(=O)O[C@@H](C)c1nnc(-c2ccccc2)o1. The summed E-state index contributed by atoms with van der Waals surface area (Å²) in [6.07, 6.45) is -0.767. The fourth-order valence-corrected chi connectivity index (χ4v) is 2.62. The lowest BCUT2D eigenvalue weighted by Crippen LogP contribution is -2.40. The van der Waals surface area contributed by atoms with Crippen LogP contribution in [0.1, 0.15) is 36.2 Å². The van der Waals surface area contributed by atoms with Crippen LogP contribution in [0.5, 0.6) is 0 Å². The van der Waals surface area contributed by atoms with E-state index in [1.807, 2.05) is 30.3 Å². The van der Waals surface area contributed by atoms with Gasteiger partial charge in [0.1, 0.15) is 6.04 Å². The summed E-state index contributed by atoms with van der Waals surface area (Å²) in [5.74, 6) is -0.602. The molecule has 0 aliphatic rings. The van der Waals surface area contributed by atoms with Crippen LogP contribution >= 0.6 is 11.6 Å². The van der Waals surface area contributed by atoms with Crippen molar-refractivity contribution in [2.45, 2.75) is 26.0 Å². The lowest BCUT2D eigenvalue weighted by atomic mass is 10.2. The van der Waals surface area contributed by atoms with E-state index < -0.39 is 24.0 Å². The Kier molecular flexibility index (Phi) is 6.06. The molecule has 8 heteroatoms. The Hall–Kier alpha value is -3.19. The molecule has 0 unspecified atom stereocenters. The molecule has 28 heavy (non-hydrogen) atoms. The third-order valence-electron chi connectivity index (χ3n) is 3.92. The molecule has 0 saturated heterocycles. The van der Waals surface area contributed by atoms with Gasteiger partial charge in [-0.15, -0.1) is 10.2 Å². The maximum atomic E-state index is 12.3. The van der Waals surface area contributed by atoms with Crippen LogP contribution in [0.2, 0.25) is 5.02 Å². The molecule has 1 aromatic heterocycles. The summed E-state index contributed by atoms with van der Waals surface area (Å²) in [6.45, 7) is 3.13. The summed E-state index contributed by atoms with van der Waals surface area (Å²) >= 11 is 5.99. The standard InChI is InChI=1S/C20H18ClN3O4/c1-12(22-17(25)15-10-6-7-11-16(15)21)20(26)27-13(2)18-23-24-19(28-18)14-8-4-3-5-9-14/h3-13H,1-2H3,(H,22,25)/t12-,13-/m0/s1. The summed E-state index contributed by atoms with van der Waals surface area (Å²) in [6, 6.07) is 14.9. The van der Waals surface area contributed by atoms with Crippen LogP contribution in [-0.2, 0) is 9.53 Å². The normalized spacial score (nSPS) is 12.8. The molecule has 3 aromatic rings. The largest absolute Gasteiger partial charge is 0.451 e. The minimum atomic E-state index is -0.886. The highest BCUT2D eigenvalue weighted by Gasteiger charge is 2.24. The molecule has 1 amide bonds. The fraction of sp³-hybridized carbons (Fsp3) is 0.200. The van der Waals surface area contributed by atoms with Crippen LogP contribution < -0.4 is 5.32 Å². The van der Waals surface area contributed by atoms with Gasteiger partial charge in [0.15, 0.2) is 6.10 Å². The van der Waals surface area contributed by atoms with Crippen molar-refractivity contribution >= 4 is 23.5 Å². The first-order valence-corrected chi connectivity index (χ1v) is 8.98. The monoisotopic (exact) mass is 399 g/mol. The van der Waals surface area contributed by atoms with Crippen LogP contribution in [0.15, 0.2) is 59.0 Å². The van der Waals surface area contributed by atoms with Crippen molar-refractivity contribution in [2.75, 3.05) is 0 Å². The number of benzene rings is 2. The predicted molar refractivity (Wildman–Crippen MR) is 103 cm³/mol. The van der Waals surface area contributed by atoms with Gasteiger partial charge in [0.2, 0.25) is 5.89 Å². The van der Waals surface area contributed by atoms with Crippen LogP contribution in [0.3, 0.4) is 0 Å². The molecule has 0 aliphatic carbocycles. The van der Waals surface area contributed by atoms with Gasteiger partial charge in [0.25, 0.3) is 11.8 Å². The quantitative estimate of drug-likeness (QED) is 0.633. The highest BCUT2D eigenvalue weighted by molar-refractivity contribution is 6.33. The average molecular weight is 400 g/mol. The first-order chi connectivity index (χ1) is 13.5. The molecule has 0 fully saturated rings. The van der Waals surface area contributed by atoms with Gasteiger partial charge < -0.3 is 14.5 Å². The van der Waals surface area contributed by atoms with E-state index in [-0.39, 0.29) is 11.5 Å². The molecular formula is C20H18ClN3O4. The van der Waals surface area contributed by atoms with Gasteiger partial charge in [0.05, 0.1) is 10.6 Å². The first-order valence-electron chi connectivity index (χ1n) is 8.60. The van der Waals surface area contributed by atoms with E-state index in [0.29, 0.717) is 10.9 Å². The minimum absolute atomic E-state index is 0.164. The number of carbonyl (C=O) groups is 2. The summed E-state index contributed by atoms with van der Waals surface area (Å²) in [7, 11) is 0. The number of esters is 1. The predicted octanol–water partition coefficient (Wildman–Crippen LogP) is 3.81. The second-order valence-corrected chi connectivity index (χ2v) is 6.47. The van der Waals surface area contributed by atoms with Crippen molar-refractivity contribution < 1.29 is 18.7 Å². The summed E-state index contributed by atoms with van der Waals surface area (Å²) in [5, 5.41) is 10.8. The molecule has 0 spiro atoms. The maximum absolute atomic E-state index is 12.3. The third-order valence-corrected chi connectivity index (χ3v) is 4.25. The van der Waals surface area contributed by atoms with Crippen molar-refractivity contribution in [2.24, 2.45) is 0 Å². The smallest absolute Gasteiger partial charge is 0.329 e. The average Bonchev–Trinajstić information content (AvgIpc) is 3.19. The van der Waals surface area contributed by atoms with Gasteiger partial charge in [-0.05, 0) is 38.1 Å². The number of ether oxygens (including phenoxy) is 1. The molecule has 1 N–H and O–H groups in total. The van der Waals surface area contributed by atoms with Crippen LogP contribution in [0.25, 0.3) is 11.5 Å². The molecule has 0 saturated carbocycles. The van der Waals surface area contributed by atoms with Gasteiger partial charge in [-0.3, -0.25) is 4.79 Å². The molecule has 1 heterocycles. The maximum Gasteiger partial charge on any atom is 0.329 e. The Bertz CT molecular complexity index is 974. The van der Waals surface area contributed by atoms with Gasteiger partial charge in [0, 0.05) is 5.56 Å². The second-order valence-electron chi connectivity index (χ2n) is 6.07. The lowest BCUT2D eigenvalue weighted by Gasteiger charge is -2.16. The first kappa shape index (κ1) is 19.6. The van der Waals surface area contributed by atoms with E-state index in [4.69, 9.17) is 20.8 Å². The molecule has 0 bridgehead atoms. The summed E-state index contributed by atoms with van der Waals surface area (Å²) < 4.78 is 10.9. The topological polar surface area (TPSA) is 94.3 Å². The van der Waals surface area contributed by atoms with Crippen molar-refractivity contribution in [1.82, 2.24) is 15.5 Å². The Labute approximate surface area is 166 Å². The molecule has 2 atom stereocenters. The Balaban J connectivity index is 1.60. The van der Waals surface area contributed by atoms with E-state index in [2.05, 4.69) is 15.5 Å². The molecule has 0 radical (unpaired) electrons. The van der Waals surface area contributed by atoms with E-state index in [1.165, 1.54) is 6.92 Å². The molecular weight excluding hydrogens is 382 g/mol. The van der Waals surface area contributed by atoms with Crippen LogP contribution in [-0.4, -0.2) is 28.1 Å². The van der Waals surface area contributed by atoms with Gasteiger partial charge in [-0.2, -0.15) is 0 Å². The number of halogens is 1. The molecule has 2 aromatic carbocycles. The highest BCUT2D eigenvalue weighted by atomic mass is 35.5. The number of carbonyl (C=O) groups excluding carboxylic acids is 2. The number of nitrogens with one attached hydrogen (secondary N) is 1. The number of rotatable bonds is 6. The molecule has 3 rings (SSSR count). The van der Waals surface area contributed by atoms with Gasteiger partial charge >= 0.3 is 5.97 Å². The Morgan fingerprint density at radius 1 is 1.04 bits per heavy atom. The van der Waals surface area contributed by atoms with E-state index in [0.717, 1.165) is 5.56 Å². The van der Waals surface area contributed by atoms with E-state index in [1.54, 1.807) is 31.2 Å². The summed E-state index contributed by atoms with van der Waals surface area (Å²) in [5.41, 5.74) is 1.04. The Morgan fingerprint density at radius 2 is 1.71 bits per heavy atom. The Morgan fingerprint density at radius 3 is 2.43 bits per heavy atom. The zero-order chi connectivity index (χ0) is 20.1.